The van der Waals surface area contributed by atoms with Gasteiger partial charge in [-0.15, -0.1) is 0 Å². The third kappa shape index (κ3) is 1.65. The molecule has 0 spiro atoms. The van der Waals surface area contributed by atoms with Crippen LogP contribution < -0.4 is 5.32 Å². The fourth-order valence-corrected chi connectivity index (χ4v) is 1.98. The maximum atomic E-state index is 3.58. The molecule has 1 nitrogen and oxygen atoms in total. The standard InChI is InChI=1S/C11H14BrN/c1-7-5-9(10-3-4-13-10)6-8(2)11(7)12/h5-6,10,13H,3-4H2,1-2H3. The molecule has 1 aliphatic rings. The van der Waals surface area contributed by atoms with Crippen LogP contribution in [0, 0.1) is 13.8 Å². The Morgan fingerprint density at radius 3 is 2.23 bits per heavy atom. The Bertz CT molecular complexity index is 306. The van der Waals surface area contributed by atoms with Crippen LogP contribution in [0.3, 0.4) is 0 Å². The van der Waals surface area contributed by atoms with E-state index >= 15 is 0 Å². The Hall–Kier alpha value is -0.340. The van der Waals surface area contributed by atoms with Gasteiger partial charge in [-0.1, -0.05) is 28.1 Å². The molecule has 0 bridgehead atoms. The smallest absolute Gasteiger partial charge is 0.0332 e. The lowest BCUT2D eigenvalue weighted by molar-refractivity contribution is 0.383. The summed E-state index contributed by atoms with van der Waals surface area (Å²) in [5.41, 5.74) is 4.11. The second-order valence-corrected chi connectivity index (χ2v) is 4.56. The highest BCUT2D eigenvalue weighted by Gasteiger charge is 2.19. The Morgan fingerprint density at radius 1 is 1.31 bits per heavy atom. The lowest BCUT2D eigenvalue weighted by Gasteiger charge is -2.28. The van der Waals surface area contributed by atoms with Crippen LogP contribution in [0.15, 0.2) is 16.6 Å². The molecule has 1 N–H and O–H groups in total. The Morgan fingerprint density at radius 2 is 1.85 bits per heavy atom. The van der Waals surface area contributed by atoms with E-state index in [1.54, 1.807) is 0 Å². The quantitative estimate of drug-likeness (QED) is 0.795. The first kappa shape index (κ1) is 9.22. The van der Waals surface area contributed by atoms with Crippen LogP contribution >= 0.6 is 15.9 Å². The van der Waals surface area contributed by atoms with Gasteiger partial charge in [0.15, 0.2) is 0 Å². The summed E-state index contributed by atoms with van der Waals surface area (Å²) in [6, 6.07) is 5.15. The number of aryl methyl sites for hydroxylation is 2. The van der Waals surface area contributed by atoms with E-state index in [1.807, 2.05) is 0 Å². The van der Waals surface area contributed by atoms with Crippen molar-refractivity contribution in [3.05, 3.63) is 33.3 Å². The molecule has 2 rings (SSSR count). The van der Waals surface area contributed by atoms with Crippen molar-refractivity contribution < 1.29 is 0 Å². The van der Waals surface area contributed by atoms with E-state index in [-0.39, 0.29) is 0 Å². The molecule has 13 heavy (non-hydrogen) atoms. The zero-order valence-corrected chi connectivity index (χ0v) is 9.61. The number of benzene rings is 1. The van der Waals surface area contributed by atoms with Gasteiger partial charge >= 0.3 is 0 Å². The fraction of sp³-hybridized carbons (Fsp3) is 0.455. The monoisotopic (exact) mass is 239 g/mol. The van der Waals surface area contributed by atoms with Crippen molar-refractivity contribution in [2.45, 2.75) is 26.3 Å². The van der Waals surface area contributed by atoms with E-state index in [0.717, 1.165) is 0 Å². The molecule has 1 aromatic rings. The van der Waals surface area contributed by atoms with E-state index in [4.69, 9.17) is 0 Å². The van der Waals surface area contributed by atoms with Crippen LogP contribution in [-0.4, -0.2) is 6.54 Å². The topological polar surface area (TPSA) is 12.0 Å². The molecule has 1 heterocycles. The average molecular weight is 240 g/mol. The maximum Gasteiger partial charge on any atom is 0.0332 e. The van der Waals surface area contributed by atoms with Gasteiger partial charge in [0, 0.05) is 10.5 Å². The SMILES string of the molecule is Cc1cc(C2CCN2)cc(C)c1Br. The van der Waals surface area contributed by atoms with Crippen LogP contribution in [-0.2, 0) is 0 Å². The first-order valence-electron chi connectivity index (χ1n) is 4.68. The van der Waals surface area contributed by atoms with Crippen molar-refractivity contribution in [3.8, 4) is 0 Å². The third-order valence-corrected chi connectivity index (χ3v) is 3.94. The lowest BCUT2D eigenvalue weighted by Crippen LogP contribution is -2.35. The van der Waals surface area contributed by atoms with Crippen LogP contribution in [0.5, 0.6) is 0 Å². The summed E-state index contributed by atoms with van der Waals surface area (Å²) in [6.45, 7) is 5.47. The number of rotatable bonds is 1. The van der Waals surface area contributed by atoms with Gasteiger partial charge in [0.1, 0.15) is 0 Å². The van der Waals surface area contributed by atoms with Crippen molar-refractivity contribution in [3.63, 3.8) is 0 Å². The van der Waals surface area contributed by atoms with Crippen LogP contribution in [0.4, 0.5) is 0 Å². The molecule has 0 aliphatic carbocycles. The summed E-state index contributed by atoms with van der Waals surface area (Å²) in [6.07, 6.45) is 1.28. The molecule has 1 aromatic carbocycles. The summed E-state index contributed by atoms with van der Waals surface area (Å²) in [5.74, 6) is 0. The van der Waals surface area contributed by atoms with Crippen molar-refractivity contribution in [1.82, 2.24) is 5.32 Å². The van der Waals surface area contributed by atoms with Gasteiger partial charge in [0.2, 0.25) is 0 Å². The van der Waals surface area contributed by atoms with Crippen LogP contribution in [0.1, 0.15) is 29.2 Å². The number of hydrogen-bond acceptors (Lipinski definition) is 1. The summed E-state index contributed by atoms with van der Waals surface area (Å²) in [4.78, 5) is 0. The fourth-order valence-electron chi connectivity index (χ4n) is 1.75. The molecule has 0 amide bonds. The van der Waals surface area contributed by atoms with Gasteiger partial charge in [0.25, 0.3) is 0 Å². The maximum absolute atomic E-state index is 3.58. The van der Waals surface area contributed by atoms with Crippen LogP contribution in [0.25, 0.3) is 0 Å². The van der Waals surface area contributed by atoms with Gasteiger partial charge in [-0.25, -0.2) is 0 Å². The first-order chi connectivity index (χ1) is 6.18. The highest BCUT2D eigenvalue weighted by Crippen LogP contribution is 2.29. The Balaban J connectivity index is 2.37. The van der Waals surface area contributed by atoms with Gasteiger partial charge in [-0.2, -0.15) is 0 Å². The van der Waals surface area contributed by atoms with E-state index in [1.165, 1.54) is 34.1 Å². The molecular weight excluding hydrogens is 226 g/mol. The molecular formula is C11H14BrN. The zero-order valence-electron chi connectivity index (χ0n) is 8.02. The predicted molar refractivity (Wildman–Crippen MR) is 59.0 cm³/mol. The molecule has 1 fully saturated rings. The molecule has 1 saturated heterocycles. The second kappa shape index (κ2) is 3.43. The minimum absolute atomic E-state index is 0.602. The summed E-state index contributed by atoms with van der Waals surface area (Å²) >= 11 is 3.58. The molecule has 1 aliphatic heterocycles. The Labute approximate surface area is 87.7 Å². The minimum atomic E-state index is 0.602. The zero-order chi connectivity index (χ0) is 9.42. The lowest BCUT2D eigenvalue weighted by atomic mass is 9.95. The summed E-state index contributed by atoms with van der Waals surface area (Å²) < 4.78 is 1.25. The highest BCUT2D eigenvalue weighted by atomic mass is 79.9. The normalized spacial score (nSPS) is 21.3. The molecule has 70 valence electrons. The predicted octanol–water partition coefficient (Wildman–Crippen LogP) is 3.10. The first-order valence-corrected chi connectivity index (χ1v) is 5.48. The number of hydrogen-bond donors (Lipinski definition) is 1. The van der Waals surface area contributed by atoms with Crippen molar-refractivity contribution in [2.75, 3.05) is 6.54 Å². The third-order valence-electron chi connectivity index (χ3n) is 2.68. The van der Waals surface area contributed by atoms with E-state index in [2.05, 4.69) is 47.2 Å². The van der Waals surface area contributed by atoms with E-state index in [0.29, 0.717) is 6.04 Å². The van der Waals surface area contributed by atoms with Crippen molar-refractivity contribution in [1.29, 1.82) is 0 Å². The molecule has 1 unspecified atom stereocenters. The van der Waals surface area contributed by atoms with E-state index in [9.17, 15) is 0 Å². The van der Waals surface area contributed by atoms with Gasteiger partial charge in [0.05, 0.1) is 0 Å². The van der Waals surface area contributed by atoms with Gasteiger partial charge in [-0.05, 0) is 43.5 Å². The largest absolute Gasteiger partial charge is 0.310 e. The molecule has 1 atom stereocenters. The molecule has 2 heteroatoms. The molecule has 0 aromatic heterocycles. The number of halogens is 1. The van der Waals surface area contributed by atoms with E-state index < -0.39 is 0 Å². The van der Waals surface area contributed by atoms with Gasteiger partial charge < -0.3 is 5.32 Å². The molecule has 0 saturated carbocycles. The van der Waals surface area contributed by atoms with Crippen LogP contribution in [0.2, 0.25) is 0 Å². The highest BCUT2D eigenvalue weighted by molar-refractivity contribution is 9.10. The van der Waals surface area contributed by atoms with Crippen molar-refractivity contribution in [2.24, 2.45) is 0 Å². The van der Waals surface area contributed by atoms with Crippen molar-refractivity contribution >= 4 is 15.9 Å². The summed E-state index contributed by atoms with van der Waals surface area (Å²) in [5, 5.41) is 3.42. The minimum Gasteiger partial charge on any atom is -0.310 e. The number of nitrogens with one attached hydrogen (secondary N) is 1. The average Bonchev–Trinajstić information content (AvgIpc) is 1.96. The van der Waals surface area contributed by atoms with Gasteiger partial charge in [-0.3, -0.25) is 0 Å². The Kier molecular flexibility index (Phi) is 2.43. The molecule has 0 radical (unpaired) electrons. The summed E-state index contributed by atoms with van der Waals surface area (Å²) in [7, 11) is 0. The second-order valence-electron chi connectivity index (χ2n) is 3.76.